The molecule has 1 saturated heterocycles. The lowest BCUT2D eigenvalue weighted by atomic mass is 10.0. The van der Waals surface area contributed by atoms with E-state index in [1.54, 1.807) is 0 Å². The summed E-state index contributed by atoms with van der Waals surface area (Å²) in [6.07, 6.45) is -3.00. The fourth-order valence-electron chi connectivity index (χ4n) is 5.08. The van der Waals surface area contributed by atoms with Crippen LogP contribution in [-0.4, -0.2) is 159 Å². The summed E-state index contributed by atoms with van der Waals surface area (Å²) in [7, 11) is 0. The van der Waals surface area contributed by atoms with Crippen molar-refractivity contribution >= 4 is 59.2 Å². The molecule has 23 nitrogen and oxygen atoms in total. The third kappa shape index (κ3) is 15.5. The zero-order valence-corrected chi connectivity index (χ0v) is 31.4. The van der Waals surface area contributed by atoms with Crippen LogP contribution >= 0.6 is 0 Å². The van der Waals surface area contributed by atoms with Crippen molar-refractivity contribution < 1.29 is 68.4 Å². The Balaban J connectivity index is 2.73. The first-order chi connectivity index (χ1) is 25.5. The van der Waals surface area contributed by atoms with E-state index in [-0.39, 0.29) is 13.0 Å². The van der Waals surface area contributed by atoms with E-state index in [1.165, 1.54) is 41.5 Å². The molecule has 9 atom stereocenters. The minimum absolute atomic E-state index is 0.104. The van der Waals surface area contributed by atoms with Gasteiger partial charge in [0.05, 0.1) is 31.7 Å². The predicted octanol–water partition coefficient (Wildman–Crippen LogP) is -6.02. The summed E-state index contributed by atoms with van der Waals surface area (Å²) >= 11 is 0. The molecule has 1 heterocycles. The van der Waals surface area contributed by atoms with E-state index >= 15 is 0 Å². The second-order valence-corrected chi connectivity index (χ2v) is 13.4. The normalized spacial score (nSPS) is 18.1. The van der Waals surface area contributed by atoms with Crippen LogP contribution in [0.4, 0.5) is 0 Å². The second-order valence-electron chi connectivity index (χ2n) is 13.4. The molecule has 310 valence electrons. The molecule has 1 fully saturated rings. The van der Waals surface area contributed by atoms with Crippen molar-refractivity contribution in [3.63, 3.8) is 0 Å². The Bertz CT molecular complexity index is 1460. The lowest BCUT2D eigenvalue weighted by Crippen LogP contribution is -2.59. The molecule has 0 bridgehead atoms. The number of rotatable bonds is 21. The van der Waals surface area contributed by atoms with Gasteiger partial charge in [-0.25, -0.2) is 0 Å². The Morgan fingerprint density at radius 1 is 0.673 bits per heavy atom. The number of carbonyl (C=O) groups is 10. The largest absolute Gasteiger partial charge is 0.481 e. The van der Waals surface area contributed by atoms with E-state index in [0.717, 1.165) is 4.90 Å². The molecule has 23 heteroatoms. The van der Waals surface area contributed by atoms with Crippen molar-refractivity contribution in [3.05, 3.63) is 0 Å². The fraction of sp³-hybridized carbons (Fsp3) is 0.688. The van der Waals surface area contributed by atoms with Crippen molar-refractivity contribution in [2.75, 3.05) is 19.6 Å². The summed E-state index contributed by atoms with van der Waals surface area (Å²) in [6, 6.07) is -9.48. The zero-order valence-electron chi connectivity index (χ0n) is 31.4. The van der Waals surface area contributed by atoms with Gasteiger partial charge >= 0.3 is 11.9 Å². The molecule has 0 aromatic heterocycles. The molecule has 13 N–H and O–H groups in total. The quantitative estimate of drug-likeness (QED) is 0.0515. The fourth-order valence-corrected chi connectivity index (χ4v) is 5.08. The minimum Gasteiger partial charge on any atom is -0.481 e. The Morgan fingerprint density at radius 3 is 1.75 bits per heavy atom. The number of carboxylic acid groups (broad SMARTS) is 2. The summed E-state index contributed by atoms with van der Waals surface area (Å²) in [6.45, 7) is 6.74. The van der Waals surface area contributed by atoms with Gasteiger partial charge in [-0.1, -0.05) is 13.8 Å². The first-order valence-corrected chi connectivity index (χ1v) is 17.4. The number of likely N-dealkylation sites (tertiary alicyclic amines) is 1. The van der Waals surface area contributed by atoms with Gasteiger partial charge in [0.2, 0.25) is 47.3 Å². The topological polar surface area (TPSA) is 365 Å². The highest BCUT2D eigenvalue weighted by Crippen LogP contribution is 2.19. The molecule has 0 aromatic rings. The average molecular weight is 788 g/mol. The molecule has 0 radical (unpaired) electrons. The van der Waals surface area contributed by atoms with Crippen molar-refractivity contribution in [3.8, 4) is 0 Å². The Labute approximate surface area is 316 Å². The maximum atomic E-state index is 13.2. The number of aliphatic carboxylic acids is 2. The number of hydrogen-bond donors (Lipinski definition) is 12. The highest BCUT2D eigenvalue weighted by atomic mass is 16.4. The summed E-state index contributed by atoms with van der Waals surface area (Å²) in [5.41, 5.74) is 5.54. The smallest absolute Gasteiger partial charge is 0.325 e. The van der Waals surface area contributed by atoms with Gasteiger partial charge in [0, 0.05) is 6.54 Å². The number of nitrogens with one attached hydrogen (secondary N) is 7. The van der Waals surface area contributed by atoms with Crippen LogP contribution in [0.3, 0.4) is 0 Å². The molecule has 0 saturated carbocycles. The lowest BCUT2D eigenvalue weighted by Gasteiger charge is -2.30. The monoisotopic (exact) mass is 787 g/mol. The highest BCUT2D eigenvalue weighted by molar-refractivity contribution is 5.97. The van der Waals surface area contributed by atoms with Crippen LogP contribution in [0.25, 0.3) is 0 Å². The van der Waals surface area contributed by atoms with Crippen LogP contribution in [0, 0.1) is 5.92 Å². The van der Waals surface area contributed by atoms with Crippen molar-refractivity contribution in [1.82, 2.24) is 42.1 Å². The Hall–Kier alpha value is -5.42. The number of hydrogen-bond acceptors (Lipinski definition) is 13. The van der Waals surface area contributed by atoms with Gasteiger partial charge in [-0.3, -0.25) is 47.9 Å². The standard InChI is InChI=1S/C32H53N9O14/c1-13(2)24(40-27(49)18(10-22(46)47)38-29(51)23(33)16(5)42)30(52)35-11-20(44)36-14(3)26(48)34-12-21(45)39-25(17(6)43)31(53)41-9-7-8-19(41)28(50)37-15(4)32(54)55/h13-19,23-25,42-43H,7-12,33H2,1-6H3,(H,34,48)(H,35,52)(H,36,44)(H,37,50)(H,38,51)(H,39,45)(H,40,49)(H,46,47)(H,54,55). The van der Waals surface area contributed by atoms with Crippen molar-refractivity contribution in [2.45, 2.75) is 115 Å². The number of nitrogens with zero attached hydrogens (tertiary/aromatic N) is 1. The average Bonchev–Trinajstić information content (AvgIpc) is 3.59. The van der Waals surface area contributed by atoms with Gasteiger partial charge in [0.15, 0.2) is 0 Å². The molecule has 55 heavy (non-hydrogen) atoms. The summed E-state index contributed by atoms with van der Waals surface area (Å²) in [4.78, 5) is 125. The van der Waals surface area contributed by atoms with Crippen LogP contribution in [0.1, 0.15) is 60.8 Å². The number of aliphatic hydroxyl groups is 2. The summed E-state index contributed by atoms with van der Waals surface area (Å²) < 4.78 is 0. The minimum atomic E-state index is -1.67. The summed E-state index contributed by atoms with van der Waals surface area (Å²) in [5, 5.41) is 53.9. The molecular formula is C32H53N9O14. The Kier molecular flexibility index (Phi) is 19.1. The third-order valence-electron chi connectivity index (χ3n) is 8.33. The number of carbonyl (C=O) groups excluding carboxylic acids is 8. The van der Waals surface area contributed by atoms with Gasteiger partial charge in [0.1, 0.15) is 42.3 Å². The van der Waals surface area contributed by atoms with Gasteiger partial charge in [0.25, 0.3) is 0 Å². The molecule has 1 aliphatic rings. The molecule has 8 amide bonds. The van der Waals surface area contributed by atoms with Gasteiger partial charge in [-0.05, 0) is 46.5 Å². The third-order valence-corrected chi connectivity index (χ3v) is 8.33. The molecule has 0 aliphatic carbocycles. The van der Waals surface area contributed by atoms with Crippen LogP contribution in [0.2, 0.25) is 0 Å². The maximum absolute atomic E-state index is 13.2. The van der Waals surface area contributed by atoms with Crippen LogP contribution in [-0.2, 0) is 47.9 Å². The first kappa shape index (κ1) is 47.6. The molecule has 0 spiro atoms. The van der Waals surface area contributed by atoms with Crippen molar-refractivity contribution in [2.24, 2.45) is 11.7 Å². The van der Waals surface area contributed by atoms with Crippen LogP contribution in [0.15, 0.2) is 0 Å². The van der Waals surface area contributed by atoms with Gasteiger partial charge < -0.3 is 68.3 Å². The van der Waals surface area contributed by atoms with E-state index in [2.05, 4.69) is 37.2 Å². The lowest BCUT2D eigenvalue weighted by molar-refractivity contribution is -0.145. The SMILES string of the molecule is CC(NC(=O)C1CCCN1C(=O)C(NC(=O)CNC(=O)C(C)NC(=O)CNC(=O)C(NC(=O)C(CC(=O)O)NC(=O)C(N)C(C)O)C(C)C)C(C)O)C(=O)O. The number of aliphatic hydroxyl groups excluding tert-OH is 2. The number of carboxylic acids is 2. The molecule has 1 aliphatic heterocycles. The molecule has 0 aromatic carbocycles. The van der Waals surface area contributed by atoms with E-state index in [0.29, 0.717) is 6.42 Å². The van der Waals surface area contributed by atoms with E-state index in [1.807, 2.05) is 0 Å². The first-order valence-electron chi connectivity index (χ1n) is 17.4. The van der Waals surface area contributed by atoms with Crippen LogP contribution in [0.5, 0.6) is 0 Å². The van der Waals surface area contributed by atoms with Crippen LogP contribution < -0.4 is 43.0 Å². The second kappa shape index (κ2) is 22.1. The summed E-state index contributed by atoms with van der Waals surface area (Å²) in [5.74, 6) is -10.4. The number of nitrogens with two attached hydrogens (primary N) is 1. The van der Waals surface area contributed by atoms with E-state index in [4.69, 9.17) is 10.8 Å². The maximum Gasteiger partial charge on any atom is 0.325 e. The molecular weight excluding hydrogens is 734 g/mol. The molecule has 9 unspecified atom stereocenters. The molecule has 1 rings (SSSR count). The Morgan fingerprint density at radius 2 is 1.24 bits per heavy atom. The highest BCUT2D eigenvalue weighted by Gasteiger charge is 2.40. The zero-order chi connectivity index (χ0) is 42.3. The van der Waals surface area contributed by atoms with E-state index in [9.17, 15) is 63.3 Å². The predicted molar refractivity (Wildman–Crippen MR) is 188 cm³/mol. The van der Waals surface area contributed by atoms with E-state index < -0.39 is 139 Å². The van der Waals surface area contributed by atoms with Gasteiger partial charge in [-0.2, -0.15) is 0 Å². The van der Waals surface area contributed by atoms with Crippen molar-refractivity contribution in [1.29, 1.82) is 0 Å². The number of amides is 8. The van der Waals surface area contributed by atoms with Gasteiger partial charge in [-0.15, -0.1) is 0 Å².